The van der Waals surface area contributed by atoms with E-state index in [0.717, 1.165) is 5.56 Å². The van der Waals surface area contributed by atoms with Crippen molar-refractivity contribution in [2.45, 2.75) is 32.3 Å². The SMILES string of the molecule is CCC(O)(CC)C(=NNC(N)=O)c1ccccc1. The van der Waals surface area contributed by atoms with E-state index in [1.165, 1.54) is 0 Å². The van der Waals surface area contributed by atoms with E-state index < -0.39 is 11.6 Å². The van der Waals surface area contributed by atoms with Crippen LogP contribution in [0, 0.1) is 0 Å². The molecule has 1 aromatic rings. The minimum atomic E-state index is -1.08. The third kappa shape index (κ3) is 3.30. The molecule has 2 amide bonds. The molecular weight excluding hydrogens is 230 g/mol. The fourth-order valence-corrected chi connectivity index (χ4v) is 1.73. The number of urea groups is 1. The van der Waals surface area contributed by atoms with Crippen LogP contribution in [-0.4, -0.2) is 22.5 Å². The smallest absolute Gasteiger partial charge is 0.332 e. The van der Waals surface area contributed by atoms with Gasteiger partial charge in [-0.05, 0) is 12.8 Å². The average molecular weight is 249 g/mol. The number of hydrogen-bond donors (Lipinski definition) is 3. The standard InChI is InChI=1S/C13H19N3O2/c1-3-13(18,4-2)11(15-16-12(14)17)10-8-6-5-7-9-10/h5-9,18H,3-4H2,1-2H3,(H3,14,16,17). The number of rotatable bonds is 5. The van der Waals surface area contributed by atoms with Crippen molar-refractivity contribution in [1.82, 2.24) is 5.43 Å². The fraction of sp³-hybridized carbons (Fsp3) is 0.385. The van der Waals surface area contributed by atoms with E-state index >= 15 is 0 Å². The van der Waals surface area contributed by atoms with Crippen LogP contribution < -0.4 is 11.2 Å². The van der Waals surface area contributed by atoms with Crippen molar-refractivity contribution in [3.05, 3.63) is 35.9 Å². The highest BCUT2D eigenvalue weighted by Crippen LogP contribution is 2.21. The van der Waals surface area contributed by atoms with E-state index in [1.54, 1.807) is 0 Å². The molecule has 1 aromatic carbocycles. The minimum absolute atomic E-state index is 0.423. The number of amides is 2. The van der Waals surface area contributed by atoms with Gasteiger partial charge in [0.05, 0.1) is 5.71 Å². The minimum Gasteiger partial charge on any atom is -0.383 e. The van der Waals surface area contributed by atoms with E-state index in [-0.39, 0.29) is 0 Å². The molecule has 5 heteroatoms. The van der Waals surface area contributed by atoms with Crippen LogP contribution in [0.1, 0.15) is 32.3 Å². The number of hydrogen-bond acceptors (Lipinski definition) is 3. The number of nitrogens with zero attached hydrogens (tertiary/aromatic N) is 1. The number of primary amides is 1. The van der Waals surface area contributed by atoms with Crippen molar-refractivity contribution >= 4 is 11.7 Å². The van der Waals surface area contributed by atoms with Crippen LogP contribution >= 0.6 is 0 Å². The molecule has 0 unspecified atom stereocenters. The highest BCUT2D eigenvalue weighted by molar-refractivity contribution is 6.06. The maximum atomic E-state index is 10.8. The molecule has 4 N–H and O–H groups in total. The van der Waals surface area contributed by atoms with Crippen LogP contribution in [-0.2, 0) is 0 Å². The summed E-state index contributed by atoms with van der Waals surface area (Å²) in [6.07, 6.45) is 0.995. The summed E-state index contributed by atoms with van der Waals surface area (Å²) in [6.45, 7) is 3.73. The Morgan fingerprint density at radius 2 is 1.89 bits per heavy atom. The molecule has 1 rings (SSSR count). The number of carbonyl (C=O) groups is 1. The largest absolute Gasteiger partial charge is 0.383 e. The zero-order valence-electron chi connectivity index (χ0n) is 10.7. The molecule has 18 heavy (non-hydrogen) atoms. The summed E-state index contributed by atoms with van der Waals surface area (Å²) in [6, 6.07) is 8.48. The molecule has 0 aliphatic rings. The fourth-order valence-electron chi connectivity index (χ4n) is 1.73. The zero-order valence-corrected chi connectivity index (χ0v) is 10.7. The van der Waals surface area contributed by atoms with Gasteiger partial charge in [0.2, 0.25) is 0 Å². The number of hydrazone groups is 1. The van der Waals surface area contributed by atoms with Gasteiger partial charge in [-0.3, -0.25) is 0 Å². The van der Waals surface area contributed by atoms with Crippen molar-refractivity contribution < 1.29 is 9.90 Å². The van der Waals surface area contributed by atoms with Crippen LogP contribution in [0.2, 0.25) is 0 Å². The van der Waals surface area contributed by atoms with Gasteiger partial charge in [-0.25, -0.2) is 10.2 Å². The molecular formula is C13H19N3O2. The van der Waals surface area contributed by atoms with E-state index in [4.69, 9.17) is 5.73 Å². The van der Waals surface area contributed by atoms with Crippen LogP contribution in [0.5, 0.6) is 0 Å². The first kappa shape index (κ1) is 14.2. The van der Waals surface area contributed by atoms with E-state index in [9.17, 15) is 9.90 Å². The molecule has 0 aliphatic carbocycles. The maximum absolute atomic E-state index is 10.8. The first-order valence-electron chi connectivity index (χ1n) is 5.95. The second-order valence-electron chi connectivity index (χ2n) is 4.04. The lowest BCUT2D eigenvalue weighted by Crippen LogP contribution is -2.40. The third-order valence-corrected chi connectivity index (χ3v) is 2.94. The monoisotopic (exact) mass is 249 g/mol. The van der Waals surface area contributed by atoms with Crippen molar-refractivity contribution in [2.75, 3.05) is 0 Å². The Morgan fingerprint density at radius 1 is 1.33 bits per heavy atom. The third-order valence-electron chi connectivity index (χ3n) is 2.94. The van der Waals surface area contributed by atoms with Gasteiger partial charge in [-0.15, -0.1) is 0 Å². The van der Waals surface area contributed by atoms with Crippen molar-refractivity contribution in [1.29, 1.82) is 0 Å². The number of nitrogens with one attached hydrogen (secondary N) is 1. The molecule has 98 valence electrons. The molecule has 0 saturated heterocycles. The average Bonchev–Trinajstić information content (AvgIpc) is 2.39. The van der Waals surface area contributed by atoms with Gasteiger partial charge in [0.1, 0.15) is 5.60 Å². The van der Waals surface area contributed by atoms with E-state index in [2.05, 4.69) is 10.5 Å². The summed E-state index contributed by atoms with van der Waals surface area (Å²) in [5.41, 5.74) is 7.30. The van der Waals surface area contributed by atoms with Gasteiger partial charge in [-0.1, -0.05) is 44.2 Å². The summed E-state index contributed by atoms with van der Waals surface area (Å²) in [5, 5.41) is 14.5. The molecule has 0 bridgehead atoms. The summed E-state index contributed by atoms with van der Waals surface area (Å²) >= 11 is 0. The molecule has 0 atom stereocenters. The number of carbonyl (C=O) groups excluding carboxylic acids is 1. The van der Waals surface area contributed by atoms with Gasteiger partial charge < -0.3 is 10.8 Å². The predicted octanol–water partition coefficient (Wildman–Crippen LogP) is 1.61. The Morgan fingerprint density at radius 3 is 2.33 bits per heavy atom. The predicted molar refractivity (Wildman–Crippen MR) is 71.2 cm³/mol. The van der Waals surface area contributed by atoms with Gasteiger partial charge >= 0.3 is 6.03 Å². The van der Waals surface area contributed by atoms with Crippen molar-refractivity contribution in [2.24, 2.45) is 10.8 Å². The summed E-state index contributed by atoms with van der Waals surface area (Å²) < 4.78 is 0. The lowest BCUT2D eigenvalue weighted by molar-refractivity contribution is 0.104. The Kier molecular flexibility index (Phi) is 4.85. The second kappa shape index (κ2) is 6.16. The molecule has 0 aliphatic heterocycles. The van der Waals surface area contributed by atoms with E-state index in [1.807, 2.05) is 44.2 Å². The van der Waals surface area contributed by atoms with Gasteiger partial charge in [0.25, 0.3) is 0 Å². The number of nitrogens with two attached hydrogens (primary N) is 1. The van der Waals surface area contributed by atoms with Gasteiger partial charge in [0, 0.05) is 5.56 Å². The van der Waals surface area contributed by atoms with Crippen molar-refractivity contribution in [3.8, 4) is 0 Å². The molecule has 0 radical (unpaired) electrons. The molecule has 5 nitrogen and oxygen atoms in total. The first-order valence-corrected chi connectivity index (χ1v) is 5.95. The summed E-state index contributed by atoms with van der Waals surface area (Å²) in [5.74, 6) is 0. The highest BCUT2D eigenvalue weighted by atomic mass is 16.3. The Labute approximate surface area is 107 Å². The molecule has 0 heterocycles. The Hall–Kier alpha value is -1.88. The van der Waals surface area contributed by atoms with Gasteiger partial charge in [0.15, 0.2) is 0 Å². The normalized spacial score (nSPS) is 12.3. The lowest BCUT2D eigenvalue weighted by Gasteiger charge is -2.27. The lowest BCUT2D eigenvalue weighted by atomic mass is 9.87. The second-order valence-corrected chi connectivity index (χ2v) is 4.04. The van der Waals surface area contributed by atoms with Crippen LogP contribution in [0.3, 0.4) is 0 Å². The molecule has 0 aromatic heterocycles. The topological polar surface area (TPSA) is 87.7 Å². The van der Waals surface area contributed by atoms with Gasteiger partial charge in [-0.2, -0.15) is 5.10 Å². The summed E-state index contributed by atoms with van der Waals surface area (Å²) in [7, 11) is 0. The number of aliphatic hydroxyl groups is 1. The Bertz CT molecular complexity index is 425. The molecule has 0 fully saturated rings. The van der Waals surface area contributed by atoms with Crippen LogP contribution in [0.25, 0.3) is 0 Å². The van der Waals surface area contributed by atoms with Crippen molar-refractivity contribution in [3.63, 3.8) is 0 Å². The summed E-state index contributed by atoms with van der Waals surface area (Å²) in [4.78, 5) is 10.8. The number of benzene rings is 1. The van der Waals surface area contributed by atoms with Crippen LogP contribution in [0.15, 0.2) is 35.4 Å². The molecule has 0 saturated carbocycles. The zero-order chi connectivity index (χ0) is 13.6. The quantitative estimate of drug-likeness (QED) is 0.547. The molecule has 0 spiro atoms. The van der Waals surface area contributed by atoms with Crippen LogP contribution in [0.4, 0.5) is 4.79 Å². The van der Waals surface area contributed by atoms with E-state index in [0.29, 0.717) is 18.6 Å². The highest BCUT2D eigenvalue weighted by Gasteiger charge is 2.30. The maximum Gasteiger partial charge on any atom is 0.332 e. The Balaban J connectivity index is 3.18. The first-order chi connectivity index (χ1) is 8.53.